The van der Waals surface area contributed by atoms with Crippen LogP contribution in [0.3, 0.4) is 0 Å². The fourth-order valence-corrected chi connectivity index (χ4v) is 2.35. The maximum Gasteiger partial charge on any atom is 0.231 e. The molecule has 0 saturated carbocycles. The molecule has 1 unspecified atom stereocenters. The molecule has 1 aromatic carbocycles. The summed E-state index contributed by atoms with van der Waals surface area (Å²) in [6, 6.07) is 6.49. The van der Waals surface area contributed by atoms with Crippen LogP contribution in [0.4, 0.5) is 0 Å². The Labute approximate surface area is 115 Å². The lowest BCUT2D eigenvalue weighted by atomic mass is 10.1. The fourth-order valence-electron chi connectivity index (χ4n) is 2.35. The number of rotatable bonds is 6. The van der Waals surface area contributed by atoms with Crippen molar-refractivity contribution in [1.29, 1.82) is 0 Å². The highest BCUT2D eigenvalue weighted by Gasteiger charge is 2.18. The van der Waals surface area contributed by atoms with Gasteiger partial charge in [0.25, 0.3) is 0 Å². The second-order valence-corrected chi connectivity index (χ2v) is 5.31. The Bertz CT molecular complexity index is 421. The Balaban J connectivity index is 2.04. The first-order chi connectivity index (χ1) is 9.11. The van der Waals surface area contributed by atoms with Crippen LogP contribution in [0.1, 0.15) is 38.8 Å². The molecule has 19 heavy (non-hydrogen) atoms. The first-order valence-electron chi connectivity index (χ1n) is 7.01. The average Bonchev–Trinajstić information content (AvgIpc) is 2.85. The van der Waals surface area contributed by atoms with E-state index in [-0.39, 0.29) is 6.04 Å². The zero-order chi connectivity index (χ0) is 13.8. The molecule has 1 aromatic rings. The zero-order valence-electron chi connectivity index (χ0n) is 12.1. The summed E-state index contributed by atoms with van der Waals surface area (Å²) in [7, 11) is 0. The molecular formula is C15H24N2O2. The number of fused-ring (bicyclic) bond motifs is 1. The third-order valence-corrected chi connectivity index (χ3v) is 3.50. The molecule has 1 heterocycles. The molecule has 1 aliphatic heterocycles. The summed E-state index contributed by atoms with van der Waals surface area (Å²) in [4.78, 5) is 2.41. The summed E-state index contributed by atoms with van der Waals surface area (Å²) in [5.41, 5.74) is 7.42. The van der Waals surface area contributed by atoms with Crippen molar-refractivity contribution < 1.29 is 9.47 Å². The summed E-state index contributed by atoms with van der Waals surface area (Å²) < 4.78 is 10.7. The molecule has 4 heteroatoms. The SMILES string of the molecule is CCCN(CC(N)c1ccc2c(c1)OCO2)C(C)C. The van der Waals surface area contributed by atoms with E-state index in [2.05, 4.69) is 25.7 Å². The summed E-state index contributed by atoms with van der Waals surface area (Å²) in [5.74, 6) is 1.62. The van der Waals surface area contributed by atoms with Gasteiger partial charge in [-0.25, -0.2) is 0 Å². The molecule has 0 aliphatic carbocycles. The molecular weight excluding hydrogens is 240 g/mol. The minimum atomic E-state index is 0.00319. The van der Waals surface area contributed by atoms with E-state index in [1.165, 1.54) is 0 Å². The van der Waals surface area contributed by atoms with Gasteiger partial charge in [-0.2, -0.15) is 0 Å². The van der Waals surface area contributed by atoms with Crippen molar-refractivity contribution in [1.82, 2.24) is 4.90 Å². The van der Waals surface area contributed by atoms with Crippen LogP contribution in [-0.4, -0.2) is 30.8 Å². The maximum absolute atomic E-state index is 6.32. The first-order valence-corrected chi connectivity index (χ1v) is 7.01. The molecule has 2 rings (SSSR count). The largest absolute Gasteiger partial charge is 0.454 e. The summed E-state index contributed by atoms with van der Waals surface area (Å²) in [6.45, 7) is 8.87. The number of ether oxygens (including phenoxy) is 2. The van der Waals surface area contributed by atoms with E-state index >= 15 is 0 Å². The van der Waals surface area contributed by atoms with Crippen molar-refractivity contribution in [2.45, 2.75) is 39.3 Å². The smallest absolute Gasteiger partial charge is 0.231 e. The third-order valence-electron chi connectivity index (χ3n) is 3.50. The number of hydrogen-bond acceptors (Lipinski definition) is 4. The van der Waals surface area contributed by atoms with Crippen LogP contribution in [0.2, 0.25) is 0 Å². The van der Waals surface area contributed by atoms with Gasteiger partial charge in [0.2, 0.25) is 6.79 Å². The molecule has 106 valence electrons. The minimum Gasteiger partial charge on any atom is -0.454 e. The van der Waals surface area contributed by atoms with Crippen molar-refractivity contribution >= 4 is 0 Å². The minimum absolute atomic E-state index is 0.00319. The molecule has 0 amide bonds. The standard InChI is InChI=1S/C15H24N2O2/c1-4-7-17(11(2)3)9-13(16)12-5-6-14-15(8-12)19-10-18-14/h5-6,8,11,13H,4,7,9-10,16H2,1-3H3. The highest BCUT2D eigenvalue weighted by Crippen LogP contribution is 2.33. The van der Waals surface area contributed by atoms with Gasteiger partial charge in [0.15, 0.2) is 11.5 Å². The van der Waals surface area contributed by atoms with E-state index < -0.39 is 0 Å². The van der Waals surface area contributed by atoms with Crippen molar-refractivity contribution in [3.63, 3.8) is 0 Å². The van der Waals surface area contributed by atoms with E-state index in [0.29, 0.717) is 12.8 Å². The van der Waals surface area contributed by atoms with Crippen molar-refractivity contribution in [3.8, 4) is 11.5 Å². The average molecular weight is 264 g/mol. The molecule has 0 fully saturated rings. The van der Waals surface area contributed by atoms with Crippen molar-refractivity contribution in [2.75, 3.05) is 19.9 Å². The lowest BCUT2D eigenvalue weighted by Gasteiger charge is -2.29. The van der Waals surface area contributed by atoms with Gasteiger partial charge in [-0.05, 0) is 44.5 Å². The number of hydrogen-bond donors (Lipinski definition) is 1. The zero-order valence-corrected chi connectivity index (χ0v) is 12.1. The van der Waals surface area contributed by atoms with Crippen LogP contribution in [0.25, 0.3) is 0 Å². The second kappa shape index (κ2) is 6.26. The topological polar surface area (TPSA) is 47.7 Å². The Morgan fingerprint density at radius 1 is 1.26 bits per heavy atom. The third kappa shape index (κ3) is 3.39. The van der Waals surface area contributed by atoms with Gasteiger partial charge >= 0.3 is 0 Å². The van der Waals surface area contributed by atoms with Crippen LogP contribution >= 0.6 is 0 Å². The van der Waals surface area contributed by atoms with Gasteiger partial charge in [0, 0.05) is 18.6 Å². The molecule has 0 aromatic heterocycles. The fraction of sp³-hybridized carbons (Fsp3) is 0.600. The molecule has 0 saturated heterocycles. The second-order valence-electron chi connectivity index (χ2n) is 5.31. The van der Waals surface area contributed by atoms with Crippen LogP contribution < -0.4 is 15.2 Å². The summed E-state index contributed by atoms with van der Waals surface area (Å²) in [6.07, 6.45) is 1.14. The number of benzene rings is 1. The number of nitrogens with two attached hydrogens (primary N) is 1. The van der Waals surface area contributed by atoms with Gasteiger partial charge in [0.05, 0.1) is 0 Å². The van der Waals surface area contributed by atoms with E-state index in [1.807, 2.05) is 18.2 Å². The maximum atomic E-state index is 6.32. The molecule has 4 nitrogen and oxygen atoms in total. The monoisotopic (exact) mass is 264 g/mol. The Kier molecular flexibility index (Phi) is 4.66. The molecule has 2 N–H and O–H groups in total. The van der Waals surface area contributed by atoms with E-state index in [9.17, 15) is 0 Å². The Morgan fingerprint density at radius 3 is 2.68 bits per heavy atom. The van der Waals surface area contributed by atoms with Crippen LogP contribution in [0.5, 0.6) is 11.5 Å². The predicted octanol–water partition coefficient (Wildman–Crippen LogP) is 2.54. The molecule has 0 spiro atoms. The van der Waals surface area contributed by atoms with E-state index in [0.717, 1.165) is 36.6 Å². The molecule has 1 aliphatic rings. The van der Waals surface area contributed by atoms with Gasteiger partial charge in [-0.15, -0.1) is 0 Å². The van der Waals surface area contributed by atoms with Gasteiger partial charge in [0.1, 0.15) is 0 Å². The predicted molar refractivity (Wildman–Crippen MR) is 76.5 cm³/mol. The lowest BCUT2D eigenvalue weighted by molar-refractivity contribution is 0.174. The van der Waals surface area contributed by atoms with Crippen molar-refractivity contribution in [3.05, 3.63) is 23.8 Å². The lowest BCUT2D eigenvalue weighted by Crippen LogP contribution is -2.37. The van der Waals surface area contributed by atoms with Gasteiger partial charge in [-0.1, -0.05) is 13.0 Å². The molecule has 0 radical (unpaired) electrons. The van der Waals surface area contributed by atoms with Crippen LogP contribution in [0.15, 0.2) is 18.2 Å². The van der Waals surface area contributed by atoms with Crippen LogP contribution in [-0.2, 0) is 0 Å². The Hall–Kier alpha value is -1.26. The van der Waals surface area contributed by atoms with Gasteiger partial charge in [-0.3, -0.25) is 4.90 Å². The number of nitrogens with zero attached hydrogens (tertiary/aromatic N) is 1. The Morgan fingerprint density at radius 2 is 2.00 bits per heavy atom. The summed E-state index contributed by atoms with van der Waals surface area (Å²) >= 11 is 0. The highest BCUT2D eigenvalue weighted by atomic mass is 16.7. The highest BCUT2D eigenvalue weighted by molar-refractivity contribution is 5.45. The van der Waals surface area contributed by atoms with Crippen molar-refractivity contribution in [2.24, 2.45) is 5.73 Å². The normalized spacial score (nSPS) is 15.3. The van der Waals surface area contributed by atoms with E-state index in [4.69, 9.17) is 15.2 Å². The molecule has 1 atom stereocenters. The molecule has 0 bridgehead atoms. The van der Waals surface area contributed by atoms with Gasteiger partial charge < -0.3 is 15.2 Å². The summed E-state index contributed by atoms with van der Waals surface area (Å²) in [5, 5.41) is 0. The first kappa shape index (κ1) is 14.2. The van der Waals surface area contributed by atoms with Crippen LogP contribution in [0, 0.1) is 0 Å². The van der Waals surface area contributed by atoms with E-state index in [1.54, 1.807) is 0 Å². The quantitative estimate of drug-likeness (QED) is 0.857.